The van der Waals surface area contributed by atoms with Crippen LogP contribution in [-0.2, 0) is 4.79 Å². The summed E-state index contributed by atoms with van der Waals surface area (Å²) < 4.78 is 13.5. The molecule has 3 aliphatic carbocycles. The van der Waals surface area contributed by atoms with Gasteiger partial charge in [0.2, 0.25) is 5.91 Å². The molecular formula is C27H38FN3O2. The Balaban J connectivity index is 1.30. The van der Waals surface area contributed by atoms with E-state index in [1.54, 1.807) is 17.0 Å². The smallest absolute Gasteiger partial charge is 0.254 e. The largest absolute Gasteiger partial charge is 0.337 e. The Labute approximate surface area is 197 Å². The summed E-state index contributed by atoms with van der Waals surface area (Å²) in [7, 11) is 0. The highest BCUT2D eigenvalue weighted by Gasteiger charge is 2.51. The normalized spacial score (nSPS) is 24.1. The number of allylic oxidation sites excluding steroid dienone is 1. The van der Waals surface area contributed by atoms with Crippen molar-refractivity contribution in [3.63, 3.8) is 0 Å². The van der Waals surface area contributed by atoms with Gasteiger partial charge in [-0.25, -0.2) is 4.39 Å². The van der Waals surface area contributed by atoms with Crippen molar-refractivity contribution in [2.24, 2.45) is 17.3 Å². The minimum Gasteiger partial charge on any atom is -0.337 e. The van der Waals surface area contributed by atoms with Gasteiger partial charge in [0.1, 0.15) is 5.82 Å². The van der Waals surface area contributed by atoms with Gasteiger partial charge in [-0.1, -0.05) is 38.5 Å². The molecule has 1 aromatic rings. The van der Waals surface area contributed by atoms with Crippen molar-refractivity contribution in [2.75, 3.05) is 45.8 Å². The zero-order chi connectivity index (χ0) is 23.6. The van der Waals surface area contributed by atoms with Gasteiger partial charge >= 0.3 is 0 Å². The number of nitrogens with zero attached hydrogens (tertiary/aromatic N) is 3. The Kier molecular flexibility index (Phi) is 7.22. The predicted octanol–water partition coefficient (Wildman–Crippen LogP) is 4.20. The molecule has 5 rings (SSSR count). The van der Waals surface area contributed by atoms with Gasteiger partial charge in [-0.05, 0) is 54.7 Å². The fourth-order valence-electron chi connectivity index (χ4n) is 5.78. The SMILES string of the molecule is CCCC(=O)N(CCN1CCN(C(=O)c2cccc(F)c2)CC1)CC1=CCC2CC1C2(C)C. The molecule has 0 N–H and O–H groups in total. The first-order chi connectivity index (χ1) is 15.8. The Morgan fingerprint density at radius 3 is 2.58 bits per heavy atom. The molecule has 2 amide bonds. The van der Waals surface area contributed by atoms with Crippen molar-refractivity contribution in [1.29, 1.82) is 0 Å². The zero-order valence-corrected chi connectivity index (χ0v) is 20.4. The van der Waals surface area contributed by atoms with Crippen molar-refractivity contribution >= 4 is 11.8 Å². The molecule has 2 bridgehead atoms. The maximum atomic E-state index is 13.5. The van der Waals surface area contributed by atoms with Gasteiger partial charge in [-0.3, -0.25) is 14.5 Å². The van der Waals surface area contributed by atoms with Crippen LogP contribution in [-0.4, -0.2) is 72.3 Å². The number of hydrogen-bond acceptors (Lipinski definition) is 3. The molecule has 2 fully saturated rings. The summed E-state index contributed by atoms with van der Waals surface area (Å²) in [6, 6.07) is 5.90. The van der Waals surface area contributed by atoms with Gasteiger partial charge in [0.15, 0.2) is 0 Å². The number of piperazine rings is 1. The maximum Gasteiger partial charge on any atom is 0.254 e. The van der Waals surface area contributed by atoms with E-state index in [2.05, 4.69) is 36.6 Å². The van der Waals surface area contributed by atoms with Crippen LogP contribution >= 0.6 is 0 Å². The van der Waals surface area contributed by atoms with E-state index in [1.165, 1.54) is 24.1 Å². The van der Waals surface area contributed by atoms with Crippen LogP contribution in [0.4, 0.5) is 4.39 Å². The lowest BCUT2D eigenvalue weighted by molar-refractivity contribution is -0.131. The summed E-state index contributed by atoms with van der Waals surface area (Å²) in [5.41, 5.74) is 2.23. The standard InChI is InChI=1S/C27H38FN3O2/c1-4-6-25(32)31(19-21-9-10-22-18-24(21)27(22,2)3)16-13-29-11-14-30(15-12-29)26(33)20-7-5-8-23(28)17-20/h5,7-9,17,22,24H,4,6,10-16,18-19H2,1-3H3. The summed E-state index contributed by atoms with van der Waals surface area (Å²) in [6.45, 7) is 11.9. The molecule has 1 aromatic carbocycles. The van der Waals surface area contributed by atoms with Gasteiger partial charge in [-0.2, -0.15) is 0 Å². The summed E-state index contributed by atoms with van der Waals surface area (Å²) >= 11 is 0. The number of hydrogen-bond donors (Lipinski definition) is 0. The first-order valence-corrected chi connectivity index (χ1v) is 12.5. The maximum absolute atomic E-state index is 13.5. The van der Waals surface area contributed by atoms with Gasteiger partial charge in [-0.15, -0.1) is 0 Å². The van der Waals surface area contributed by atoms with Crippen LogP contribution in [0.5, 0.6) is 0 Å². The Morgan fingerprint density at radius 2 is 1.94 bits per heavy atom. The van der Waals surface area contributed by atoms with Gasteiger partial charge in [0, 0.05) is 57.8 Å². The molecule has 1 saturated carbocycles. The summed E-state index contributed by atoms with van der Waals surface area (Å²) in [6.07, 6.45) is 6.28. The van der Waals surface area contributed by atoms with Crippen LogP contribution in [0.25, 0.3) is 0 Å². The molecule has 1 aliphatic heterocycles. The summed E-state index contributed by atoms with van der Waals surface area (Å²) in [4.78, 5) is 31.8. The highest BCUT2D eigenvalue weighted by Crippen LogP contribution is 2.59. The summed E-state index contributed by atoms with van der Waals surface area (Å²) in [5.74, 6) is 1.17. The second-order valence-corrected chi connectivity index (χ2v) is 10.5. The Hall–Kier alpha value is -2.21. The fourth-order valence-corrected chi connectivity index (χ4v) is 5.78. The number of carbonyl (C=O) groups excluding carboxylic acids is 2. The minimum atomic E-state index is -0.384. The molecule has 33 heavy (non-hydrogen) atoms. The molecule has 1 saturated heterocycles. The van der Waals surface area contributed by atoms with Gasteiger partial charge < -0.3 is 9.80 Å². The van der Waals surface area contributed by atoms with E-state index in [9.17, 15) is 14.0 Å². The van der Waals surface area contributed by atoms with Crippen molar-refractivity contribution < 1.29 is 14.0 Å². The molecular weight excluding hydrogens is 417 g/mol. The predicted molar refractivity (Wildman–Crippen MR) is 128 cm³/mol. The third-order valence-corrected chi connectivity index (χ3v) is 8.19. The summed E-state index contributed by atoms with van der Waals surface area (Å²) in [5, 5.41) is 0. The van der Waals surface area contributed by atoms with Crippen LogP contribution in [0.3, 0.4) is 0 Å². The lowest BCUT2D eigenvalue weighted by Crippen LogP contribution is -2.52. The van der Waals surface area contributed by atoms with E-state index in [1.807, 2.05) is 0 Å². The van der Waals surface area contributed by atoms with Crippen molar-refractivity contribution in [1.82, 2.24) is 14.7 Å². The number of fused-ring (bicyclic) bond motifs is 1. The number of rotatable bonds is 8. The van der Waals surface area contributed by atoms with Crippen LogP contribution in [0, 0.1) is 23.1 Å². The molecule has 0 spiro atoms. The van der Waals surface area contributed by atoms with E-state index in [-0.39, 0.29) is 17.6 Å². The van der Waals surface area contributed by atoms with E-state index >= 15 is 0 Å². The number of amides is 2. The van der Waals surface area contributed by atoms with E-state index in [0.717, 1.165) is 51.5 Å². The second kappa shape index (κ2) is 9.96. The molecule has 4 aliphatic rings. The van der Waals surface area contributed by atoms with Crippen LogP contribution in [0.2, 0.25) is 0 Å². The second-order valence-electron chi connectivity index (χ2n) is 10.5. The molecule has 5 nitrogen and oxygen atoms in total. The average Bonchev–Trinajstić information content (AvgIpc) is 2.81. The first-order valence-electron chi connectivity index (χ1n) is 12.5. The quantitative estimate of drug-likeness (QED) is 0.552. The molecule has 2 atom stereocenters. The lowest BCUT2D eigenvalue weighted by atomic mass is 9.49. The van der Waals surface area contributed by atoms with E-state index in [4.69, 9.17) is 0 Å². The van der Waals surface area contributed by atoms with E-state index in [0.29, 0.717) is 36.4 Å². The zero-order valence-electron chi connectivity index (χ0n) is 20.4. The van der Waals surface area contributed by atoms with Crippen LogP contribution in [0.1, 0.15) is 56.8 Å². The average molecular weight is 456 g/mol. The number of benzene rings is 1. The molecule has 0 radical (unpaired) electrons. The topological polar surface area (TPSA) is 43.9 Å². The number of carbonyl (C=O) groups is 2. The Bertz CT molecular complexity index is 904. The monoisotopic (exact) mass is 455 g/mol. The Morgan fingerprint density at radius 1 is 1.18 bits per heavy atom. The van der Waals surface area contributed by atoms with E-state index < -0.39 is 0 Å². The van der Waals surface area contributed by atoms with Crippen molar-refractivity contribution in [3.05, 3.63) is 47.3 Å². The highest BCUT2D eigenvalue weighted by molar-refractivity contribution is 5.94. The molecule has 6 heteroatoms. The third kappa shape index (κ3) is 5.16. The number of halogens is 1. The van der Waals surface area contributed by atoms with Crippen molar-refractivity contribution in [2.45, 2.75) is 46.5 Å². The lowest BCUT2D eigenvalue weighted by Gasteiger charge is -2.57. The van der Waals surface area contributed by atoms with Crippen LogP contribution < -0.4 is 0 Å². The first kappa shape index (κ1) is 23.9. The fraction of sp³-hybridized carbons (Fsp3) is 0.630. The third-order valence-electron chi connectivity index (χ3n) is 8.19. The van der Waals surface area contributed by atoms with Crippen LogP contribution in [0.15, 0.2) is 35.9 Å². The molecule has 180 valence electrons. The van der Waals surface area contributed by atoms with Crippen molar-refractivity contribution in [3.8, 4) is 0 Å². The molecule has 2 unspecified atom stereocenters. The van der Waals surface area contributed by atoms with Gasteiger partial charge in [0.05, 0.1) is 0 Å². The molecule has 1 heterocycles. The highest BCUT2D eigenvalue weighted by atomic mass is 19.1. The molecule has 0 aromatic heterocycles. The van der Waals surface area contributed by atoms with Gasteiger partial charge in [0.25, 0.3) is 5.91 Å². The minimum absolute atomic E-state index is 0.112.